The smallest absolute Gasteiger partial charge is 0.113 e. The molecular formula is C8H8ClN3. The van der Waals surface area contributed by atoms with Crippen molar-refractivity contribution in [2.45, 2.75) is 6.54 Å². The number of benzene rings is 1. The van der Waals surface area contributed by atoms with Crippen molar-refractivity contribution in [3.8, 4) is 0 Å². The third-order valence-electron chi connectivity index (χ3n) is 1.61. The molecule has 12 heavy (non-hydrogen) atoms. The third-order valence-corrected chi connectivity index (χ3v) is 1.78. The van der Waals surface area contributed by atoms with Crippen LogP contribution in [0.3, 0.4) is 0 Å². The van der Waals surface area contributed by atoms with Gasteiger partial charge in [0, 0.05) is 5.88 Å². The van der Waals surface area contributed by atoms with E-state index in [-0.39, 0.29) is 0 Å². The van der Waals surface area contributed by atoms with E-state index in [0.717, 1.165) is 11.0 Å². The summed E-state index contributed by atoms with van der Waals surface area (Å²) >= 11 is 5.56. The zero-order valence-electron chi connectivity index (χ0n) is 6.44. The van der Waals surface area contributed by atoms with Gasteiger partial charge in [-0.15, -0.1) is 11.6 Å². The standard InChI is InChI=1S/C8H8ClN3/c9-5-6-12-10-7-3-1-2-4-8(7)11-12/h1-4H,5-6H2. The Morgan fingerprint density at radius 1 is 1.17 bits per heavy atom. The van der Waals surface area contributed by atoms with Crippen molar-refractivity contribution >= 4 is 22.6 Å². The van der Waals surface area contributed by atoms with Gasteiger partial charge in [0.2, 0.25) is 0 Å². The van der Waals surface area contributed by atoms with Gasteiger partial charge in [0.05, 0.1) is 6.54 Å². The van der Waals surface area contributed by atoms with E-state index >= 15 is 0 Å². The molecule has 0 bridgehead atoms. The molecule has 0 saturated heterocycles. The number of hydrogen-bond donors (Lipinski definition) is 0. The fraction of sp³-hybridized carbons (Fsp3) is 0.250. The molecule has 1 aromatic heterocycles. The SMILES string of the molecule is ClCCn1nc2ccccc2n1. The predicted molar refractivity (Wildman–Crippen MR) is 48.2 cm³/mol. The second kappa shape index (κ2) is 3.11. The van der Waals surface area contributed by atoms with E-state index in [1.165, 1.54) is 0 Å². The molecule has 0 fully saturated rings. The molecule has 2 aromatic rings. The molecule has 1 heterocycles. The van der Waals surface area contributed by atoms with Gasteiger partial charge in [-0.2, -0.15) is 15.0 Å². The Labute approximate surface area is 74.9 Å². The van der Waals surface area contributed by atoms with Crippen LogP contribution in [-0.4, -0.2) is 20.9 Å². The minimum atomic E-state index is 0.543. The first-order chi connectivity index (χ1) is 5.90. The van der Waals surface area contributed by atoms with Crippen LogP contribution in [-0.2, 0) is 6.54 Å². The number of halogens is 1. The Kier molecular flexibility index (Phi) is 1.96. The van der Waals surface area contributed by atoms with Crippen LogP contribution in [0.15, 0.2) is 24.3 Å². The summed E-state index contributed by atoms with van der Waals surface area (Å²) in [6.45, 7) is 0.663. The van der Waals surface area contributed by atoms with Crippen LogP contribution in [0.4, 0.5) is 0 Å². The molecular weight excluding hydrogens is 174 g/mol. The van der Waals surface area contributed by atoms with Gasteiger partial charge in [-0.3, -0.25) is 0 Å². The second-order valence-electron chi connectivity index (χ2n) is 2.47. The number of rotatable bonds is 2. The monoisotopic (exact) mass is 181 g/mol. The zero-order chi connectivity index (χ0) is 8.39. The molecule has 3 nitrogen and oxygen atoms in total. The molecule has 0 unspecified atom stereocenters. The van der Waals surface area contributed by atoms with Crippen molar-refractivity contribution < 1.29 is 0 Å². The van der Waals surface area contributed by atoms with E-state index in [9.17, 15) is 0 Å². The van der Waals surface area contributed by atoms with Crippen molar-refractivity contribution in [2.75, 3.05) is 5.88 Å². The summed E-state index contributed by atoms with van der Waals surface area (Å²) < 4.78 is 0. The van der Waals surface area contributed by atoms with E-state index in [1.807, 2.05) is 24.3 Å². The van der Waals surface area contributed by atoms with Gasteiger partial charge in [-0.1, -0.05) is 12.1 Å². The molecule has 1 aromatic carbocycles. The summed E-state index contributed by atoms with van der Waals surface area (Å²) in [7, 11) is 0. The third kappa shape index (κ3) is 1.28. The Morgan fingerprint density at radius 3 is 2.25 bits per heavy atom. The van der Waals surface area contributed by atoms with E-state index in [2.05, 4.69) is 10.2 Å². The van der Waals surface area contributed by atoms with Gasteiger partial charge in [0.25, 0.3) is 0 Å². The van der Waals surface area contributed by atoms with Crippen LogP contribution in [0.2, 0.25) is 0 Å². The topological polar surface area (TPSA) is 30.7 Å². The summed E-state index contributed by atoms with van der Waals surface area (Å²) in [5.74, 6) is 0.543. The largest absolute Gasteiger partial charge is 0.183 e. The Bertz CT molecular complexity index is 349. The lowest BCUT2D eigenvalue weighted by Gasteiger charge is -1.90. The highest BCUT2D eigenvalue weighted by Crippen LogP contribution is 2.06. The molecule has 0 N–H and O–H groups in total. The van der Waals surface area contributed by atoms with Crippen molar-refractivity contribution in [3.63, 3.8) is 0 Å². The molecule has 0 aliphatic heterocycles. The predicted octanol–water partition coefficient (Wildman–Crippen LogP) is 1.67. The fourth-order valence-corrected chi connectivity index (χ4v) is 1.23. The number of fused-ring (bicyclic) bond motifs is 1. The minimum Gasteiger partial charge on any atom is -0.183 e. The quantitative estimate of drug-likeness (QED) is 0.660. The van der Waals surface area contributed by atoms with Crippen LogP contribution in [0.5, 0.6) is 0 Å². The molecule has 2 rings (SSSR count). The average molecular weight is 182 g/mol. The number of aromatic nitrogens is 3. The van der Waals surface area contributed by atoms with Crippen molar-refractivity contribution in [2.24, 2.45) is 0 Å². The lowest BCUT2D eigenvalue weighted by Crippen LogP contribution is -2.02. The van der Waals surface area contributed by atoms with Crippen molar-refractivity contribution in [3.05, 3.63) is 24.3 Å². The molecule has 0 aliphatic carbocycles. The van der Waals surface area contributed by atoms with Crippen LogP contribution < -0.4 is 0 Å². The van der Waals surface area contributed by atoms with Crippen LogP contribution in [0.1, 0.15) is 0 Å². The molecule has 0 aliphatic rings. The summed E-state index contributed by atoms with van der Waals surface area (Å²) in [6.07, 6.45) is 0. The highest BCUT2D eigenvalue weighted by atomic mass is 35.5. The Morgan fingerprint density at radius 2 is 1.75 bits per heavy atom. The molecule has 0 spiro atoms. The van der Waals surface area contributed by atoms with E-state index < -0.39 is 0 Å². The number of hydrogen-bond acceptors (Lipinski definition) is 2. The highest BCUT2D eigenvalue weighted by Gasteiger charge is 1.98. The minimum absolute atomic E-state index is 0.543. The molecule has 0 saturated carbocycles. The fourth-order valence-electron chi connectivity index (χ4n) is 1.08. The normalized spacial score (nSPS) is 10.8. The maximum absolute atomic E-state index is 5.56. The zero-order valence-corrected chi connectivity index (χ0v) is 7.20. The van der Waals surface area contributed by atoms with Crippen LogP contribution in [0, 0.1) is 0 Å². The van der Waals surface area contributed by atoms with Gasteiger partial charge in [-0.05, 0) is 12.1 Å². The molecule has 4 heteroatoms. The first-order valence-corrected chi connectivity index (χ1v) is 4.29. The van der Waals surface area contributed by atoms with Gasteiger partial charge < -0.3 is 0 Å². The molecule has 62 valence electrons. The maximum Gasteiger partial charge on any atom is 0.113 e. The second-order valence-corrected chi connectivity index (χ2v) is 2.85. The van der Waals surface area contributed by atoms with Crippen LogP contribution >= 0.6 is 11.6 Å². The lowest BCUT2D eigenvalue weighted by molar-refractivity contribution is 0.582. The summed E-state index contributed by atoms with van der Waals surface area (Å²) in [6, 6.07) is 7.77. The first-order valence-electron chi connectivity index (χ1n) is 3.76. The van der Waals surface area contributed by atoms with Gasteiger partial charge in [0.15, 0.2) is 0 Å². The first kappa shape index (κ1) is 7.55. The Hall–Kier alpha value is -1.09. The molecule has 0 atom stereocenters. The lowest BCUT2D eigenvalue weighted by atomic mass is 10.3. The van der Waals surface area contributed by atoms with Gasteiger partial charge >= 0.3 is 0 Å². The maximum atomic E-state index is 5.56. The summed E-state index contributed by atoms with van der Waals surface area (Å²) in [4.78, 5) is 1.62. The molecule has 0 radical (unpaired) electrons. The van der Waals surface area contributed by atoms with E-state index in [4.69, 9.17) is 11.6 Å². The number of alkyl halides is 1. The van der Waals surface area contributed by atoms with E-state index in [0.29, 0.717) is 12.4 Å². The summed E-state index contributed by atoms with van der Waals surface area (Å²) in [5, 5.41) is 8.45. The molecule has 0 amide bonds. The highest BCUT2D eigenvalue weighted by molar-refractivity contribution is 6.17. The average Bonchev–Trinajstić information content (AvgIpc) is 2.47. The number of aryl methyl sites for hydroxylation is 1. The Balaban J connectivity index is 2.47. The van der Waals surface area contributed by atoms with Gasteiger partial charge in [0.1, 0.15) is 11.0 Å². The van der Waals surface area contributed by atoms with Crippen molar-refractivity contribution in [1.82, 2.24) is 15.0 Å². The van der Waals surface area contributed by atoms with Crippen LogP contribution in [0.25, 0.3) is 11.0 Å². The van der Waals surface area contributed by atoms with Gasteiger partial charge in [-0.25, -0.2) is 0 Å². The summed E-state index contributed by atoms with van der Waals surface area (Å²) in [5.41, 5.74) is 1.84. The van der Waals surface area contributed by atoms with Crippen molar-refractivity contribution in [1.29, 1.82) is 0 Å². The van der Waals surface area contributed by atoms with E-state index in [1.54, 1.807) is 4.80 Å². The number of nitrogens with zero attached hydrogens (tertiary/aromatic N) is 3.